The lowest BCUT2D eigenvalue weighted by Crippen LogP contribution is -2.26. The highest BCUT2D eigenvalue weighted by atomic mass is 14.9. The summed E-state index contributed by atoms with van der Waals surface area (Å²) >= 11 is 0. The van der Waals surface area contributed by atoms with Crippen LogP contribution in [-0.2, 0) is 6.42 Å². The van der Waals surface area contributed by atoms with Crippen LogP contribution in [0.4, 0.5) is 0 Å². The van der Waals surface area contributed by atoms with Crippen molar-refractivity contribution < 1.29 is 0 Å². The largest absolute Gasteiger partial charge is 0.312 e. The molecule has 0 heterocycles. The lowest BCUT2D eigenvalue weighted by atomic mass is 9.76. The molecule has 2 unspecified atom stereocenters. The zero-order chi connectivity index (χ0) is 14.8. The maximum atomic E-state index is 3.58. The van der Waals surface area contributed by atoms with E-state index in [4.69, 9.17) is 0 Å². The summed E-state index contributed by atoms with van der Waals surface area (Å²) in [6.45, 7) is 4.38. The van der Waals surface area contributed by atoms with E-state index in [1.807, 2.05) is 0 Å². The Kier molecular flexibility index (Phi) is 4.12. The fourth-order valence-corrected chi connectivity index (χ4v) is 3.93. The first-order valence-electron chi connectivity index (χ1n) is 8.02. The van der Waals surface area contributed by atoms with Gasteiger partial charge in [0, 0.05) is 12.0 Å². The van der Waals surface area contributed by atoms with Crippen molar-refractivity contribution in [2.24, 2.45) is 0 Å². The molecule has 2 aromatic rings. The molecule has 1 aliphatic rings. The zero-order valence-electron chi connectivity index (χ0n) is 13.3. The van der Waals surface area contributed by atoms with Crippen molar-refractivity contribution >= 4 is 0 Å². The van der Waals surface area contributed by atoms with E-state index in [2.05, 4.69) is 68.7 Å². The molecule has 1 heteroatoms. The van der Waals surface area contributed by atoms with Gasteiger partial charge in [0.2, 0.25) is 0 Å². The van der Waals surface area contributed by atoms with Gasteiger partial charge in [-0.15, -0.1) is 0 Å². The predicted molar refractivity (Wildman–Crippen MR) is 89.8 cm³/mol. The maximum Gasteiger partial charge on any atom is 0.0387 e. The first kappa shape index (κ1) is 14.3. The Morgan fingerprint density at radius 3 is 2.48 bits per heavy atom. The van der Waals surface area contributed by atoms with E-state index >= 15 is 0 Å². The van der Waals surface area contributed by atoms with Gasteiger partial charge in [-0.1, -0.05) is 53.6 Å². The minimum atomic E-state index is 0.407. The highest BCUT2D eigenvalue weighted by Gasteiger charge is 2.28. The minimum absolute atomic E-state index is 0.407. The Morgan fingerprint density at radius 1 is 1.05 bits per heavy atom. The van der Waals surface area contributed by atoms with Gasteiger partial charge in [-0.25, -0.2) is 0 Å². The second-order valence-corrected chi connectivity index (χ2v) is 6.38. The van der Waals surface area contributed by atoms with Crippen LogP contribution in [0.5, 0.6) is 0 Å². The highest BCUT2D eigenvalue weighted by molar-refractivity contribution is 5.38. The number of rotatable bonds is 3. The van der Waals surface area contributed by atoms with Crippen molar-refractivity contribution in [3.05, 3.63) is 70.3 Å². The molecule has 0 aliphatic heterocycles. The van der Waals surface area contributed by atoms with Crippen LogP contribution in [0.15, 0.2) is 42.5 Å². The van der Waals surface area contributed by atoms with Crippen LogP contribution in [0, 0.1) is 13.8 Å². The number of aryl methyl sites for hydroxylation is 3. The maximum absolute atomic E-state index is 3.58. The average molecular weight is 279 g/mol. The first-order valence-corrected chi connectivity index (χ1v) is 8.02. The van der Waals surface area contributed by atoms with Crippen molar-refractivity contribution in [1.82, 2.24) is 5.32 Å². The second kappa shape index (κ2) is 6.03. The molecule has 0 spiro atoms. The third-order valence-corrected chi connectivity index (χ3v) is 4.73. The Morgan fingerprint density at radius 2 is 1.76 bits per heavy atom. The summed E-state index contributed by atoms with van der Waals surface area (Å²) < 4.78 is 0. The van der Waals surface area contributed by atoms with Crippen LogP contribution in [-0.4, -0.2) is 7.05 Å². The normalized spacial score (nSPS) is 19.1. The van der Waals surface area contributed by atoms with Crippen LogP contribution >= 0.6 is 0 Å². The molecule has 0 saturated carbocycles. The molecule has 110 valence electrons. The van der Waals surface area contributed by atoms with Gasteiger partial charge in [0.15, 0.2) is 0 Å². The van der Waals surface area contributed by atoms with Gasteiger partial charge in [0.05, 0.1) is 0 Å². The molecule has 21 heavy (non-hydrogen) atoms. The van der Waals surface area contributed by atoms with Gasteiger partial charge < -0.3 is 5.32 Å². The molecule has 0 fully saturated rings. The Labute approximate surface area is 128 Å². The monoisotopic (exact) mass is 279 g/mol. The Bertz CT molecular complexity index is 609. The topological polar surface area (TPSA) is 12.0 Å². The van der Waals surface area contributed by atoms with Crippen molar-refractivity contribution in [3.63, 3.8) is 0 Å². The van der Waals surface area contributed by atoms with Crippen molar-refractivity contribution in [1.29, 1.82) is 0 Å². The zero-order valence-corrected chi connectivity index (χ0v) is 13.3. The summed E-state index contributed by atoms with van der Waals surface area (Å²) in [4.78, 5) is 0. The van der Waals surface area contributed by atoms with Gasteiger partial charge in [-0.3, -0.25) is 0 Å². The summed E-state index contributed by atoms with van der Waals surface area (Å²) in [5, 5.41) is 3.58. The fraction of sp³-hybridized carbons (Fsp3) is 0.400. The number of likely N-dealkylation sites (N-methyl/N-ethyl adjacent to an activating group) is 1. The van der Waals surface area contributed by atoms with Crippen molar-refractivity contribution in [3.8, 4) is 0 Å². The number of benzene rings is 2. The lowest BCUT2D eigenvalue weighted by molar-refractivity contribution is 0.425. The number of hydrogen-bond donors (Lipinski definition) is 1. The third kappa shape index (κ3) is 2.89. The smallest absolute Gasteiger partial charge is 0.0387 e. The number of hydrogen-bond acceptors (Lipinski definition) is 1. The molecule has 1 nitrogen and oxygen atoms in total. The number of nitrogens with one attached hydrogen (secondary N) is 1. The van der Waals surface area contributed by atoms with E-state index < -0.39 is 0 Å². The van der Waals surface area contributed by atoms with Gasteiger partial charge in [-0.2, -0.15) is 0 Å². The van der Waals surface area contributed by atoms with Crippen molar-refractivity contribution in [2.75, 3.05) is 7.05 Å². The lowest BCUT2D eigenvalue weighted by Gasteiger charge is -2.33. The van der Waals surface area contributed by atoms with Crippen LogP contribution < -0.4 is 5.32 Å². The van der Waals surface area contributed by atoms with Gasteiger partial charge >= 0.3 is 0 Å². The first-order chi connectivity index (χ1) is 10.2. The summed E-state index contributed by atoms with van der Waals surface area (Å²) in [5.74, 6) is 0.584. The van der Waals surface area contributed by atoms with E-state index in [-0.39, 0.29) is 0 Å². The molecular formula is C20H25N. The van der Waals surface area contributed by atoms with E-state index in [1.54, 1.807) is 11.1 Å². The third-order valence-electron chi connectivity index (χ3n) is 4.73. The summed E-state index contributed by atoms with van der Waals surface area (Å²) in [7, 11) is 2.10. The standard InChI is InChI=1S/C20H25N/c1-14-11-15(2)13-17(12-14)20(21-3)19-10-6-8-16-7-4-5-9-18(16)19/h4-5,7,9,11-13,19-21H,6,8,10H2,1-3H3. The minimum Gasteiger partial charge on any atom is -0.312 e. The van der Waals surface area contributed by atoms with Crippen LogP contribution in [0.1, 0.15) is 52.6 Å². The summed E-state index contributed by atoms with van der Waals surface area (Å²) in [6.07, 6.45) is 3.80. The molecule has 0 amide bonds. The van der Waals surface area contributed by atoms with Gasteiger partial charge in [0.1, 0.15) is 0 Å². The summed E-state index contributed by atoms with van der Waals surface area (Å²) in [6, 6.07) is 16.3. The van der Waals surface area contributed by atoms with Crippen LogP contribution in [0.2, 0.25) is 0 Å². The molecule has 2 aromatic carbocycles. The fourth-order valence-electron chi connectivity index (χ4n) is 3.93. The van der Waals surface area contributed by atoms with Crippen LogP contribution in [0.25, 0.3) is 0 Å². The second-order valence-electron chi connectivity index (χ2n) is 6.38. The van der Waals surface area contributed by atoms with E-state index in [0.29, 0.717) is 12.0 Å². The molecule has 3 rings (SSSR count). The average Bonchev–Trinajstić information content (AvgIpc) is 2.47. The summed E-state index contributed by atoms with van der Waals surface area (Å²) in [5.41, 5.74) is 7.22. The molecule has 0 saturated heterocycles. The van der Waals surface area contributed by atoms with E-state index in [0.717, 1.165) is 0 Å². The molecule has 1 N–H and O–H groups in total. The Balaban J connectivity index is 2.01. The molecular weight excluding hydrogens is 254 g/mol. The molecule has 0 aromatic heterocycles. The van der Waals surface area contributed by atoms with E-state index in [1.165, 1.54) is 36.0 Å². The quantitative estimate of drug-likeness (QED) is 0.860. The van der Waals surface area contributed by atoms with Crippen LogP contribution in [0.3, 0.4) is 0 Å². The molecule has 2 atom stereocenters. The molecule has 0 bridgehead atoms. The van der Waals surface area contributed by atoms with Gasteiger partial charge in [0.25, 0.3) is 0 Å². The molecule has 0 radical (unpaired) electrons. The van der Waals surface area contributed by atoms with E-state index in [9.17, 15) is 0 Å². The van der Waals surface area contributed by atoms with Gasteiger partial charge in [-0.05, 0) is 56.8 Å². The SMILES string of the molecule is CNC(c1cc(C)cc(C)c1)C1CCCc2ccccc21. The molecule has 1 aliphatic carbocycles. The van der Waals surface area contributed by atoms with Crippen molar-refractivity contribution in [2.45, 2.75) is 45.1 Å². The highest BCUT2D eigenvalue weighted by Crippen LogP contribution is 2.40. The predicted octanol–water partition coefficient (Wildman–Crippen LogP) is 4.68. The Hall–Kier alpha value is -1.60. The number of fused-ring (bicyclic) bond motifs is 1.